The quantitative estimate of drug-likeness (QED) is 0.836. The third-order valence-electron chi connectivity index (χ3n) is 2.26. The number of rotatable bonds is 5. The van der Waals surface area contributed by atoms with E-state index in [0.717, 1.165) is 5.56 Å². The molecule has 1 aromatic carbocycles. The highest BCUT2D eigenvalue weighted by atomic mass is 35.5. The highest BCUT2D eigenvalue weighted by molar-refractivity contribution is 6.30. The summed E-state index contributed by atoms with van der Waals surface area (Å²) < 4.78 is 0. The van der Waals surface area contributed by atoms with Crippen LogP contribution in [0, 0.1) is 0 Å². The Labute approximate surface area is 112 Å². The second-order valence-corrected chi connectivity index (χ2v) is 4.77. The Hall–Kier alpha value is -0.770. The first kappa shape index (κ1) is 14.3. The minimum Gasteiger partial charge on any atom is -0.347 e. The molecule has 0 aromatic heterocycles. The van der Waals surface area contributed by atoms with Gasteiger partial charge in [0.2, 0.25) is 5.91 Å². The number of nitrogens with zero attached hydrogens (tertiary/aromatic N) is 1. The second-order valence-electron chi connectivity index (χ2n) is 4.07. The fourth-order valence-electron chi connectivity index (χ4n) is 1.56. The first-order chi connectivity index (χ1) is 8.02. The summed E-state index contributed by atoms with van der Waals surface area (Å²) in [5.41, 5.74) is 0.977. The SMILES string of the molecule is CN(C)CC(NC(=O)CCl)c1cccc(Cl)c1. The molecule has 1 aromatic rings. The van der Waals surface area contributed by atoms with Crippen molar-refractivity contribution in [2.24, 2.45) is 0 Å². The van der Waals surface area contributed by atoms with Crippen molar-refractivity contribution in [2.45, 2.75) is 6.04 Å². The molecular formula is C12H16Cl2N2O. The van der Waals surface area contributed by atoms with Crippen LogP contribution < -0.4 is 5.32 Å². The lowest BCUT2D eigenvalue weighted by Crippen LogP contribution is -2.35. The van der Waals surface area contributed by atoms with Gasteiger partial charge in [-0.15, -0.1) is 11.6 Å². The lowest BCUT2D eigenvalue weighted by molar-refractivity contribution is -0.119. The highest BCUT2D eigenvalue weighted by Crippen LogP contribution is 2.18. The molecule has 3 nitrogen and oxygen atoms in total. The fourth-order valence-corrected chi connectivity index (χ4v) is 1.83. The Kier molecular flexibility index (Phi) is 5.75. The number of amides is 1. The van der Waals surface area contributed by atoms with E-state index in [4.69, 9.17) is 23.2 Å². The molecule has 0 heterocycles. The maximum atomic E-state index is 11.4. The van der Waals surface area contributed by atoms with E-state index in [1.807, 2.05) is 37.2 Å². The molecule has 0 radical (unpaired) electrons. The average molecular weight is 275 g/mol. The van der Waals surface area contributed by atoms with Crippen LogP contribution in [0.4, 0.5) is 0 Å². The van der Waals surface area contributed by atoms with Gasteiger partial charge < -0.3 is 10.2 Å². The fraction of sp³-hybridized carbons (Fsp3) is 0.417. The predicted octanol–water partition coefficient (Wildman–Crippen LogP) is 2.30. The van der Waals surface area contributed by atoms with Crippen LogP contribution in [0.2, 0.25) is 5.02 Å². The molecule has 0 saturated heterocycles. The summed E-state index contributed by atoms with van der Waals surface area (Å²) in [6, 6.07) is 7.36. The van der Waals surface area contributed by atoms with Crippen LogP contribution in [0.25, 0.3) is 0 Å². The number of hydrogen-bond donors (Lipinski definition) is 1. The summed E-state index contributed by atoms with van der Waals surface area (Å²) in [6.45, 7) is 0.697. The van der Waals surface area contributed by atoms with Crippen LogP contribution in [-0.4, -0.2) is 37.3 Å². The van der Waals surface area contributed by atoms with Crippen LogP contribution in [0.1, 0.15) is 11.6 Å². The summed E-state index contributed by atoms with van der Waals surface area (Å²) in [7, 11) is 3.90. The summed E-state index contributed by atoms with van der Waals surface area (Å²) in [4.78, 5) is 13.4. The van der Waals surface area contributed by atoms with Crippen LogP contribution in [0.5, 0.6) is 0 Å². The van der Waals surface area contributed by atoms with Gasteiger partial charge in [0.1, 0.15) is 5.88 Å². The van der Waals surface area contributed by atoms with Gasteiger partial charge in [-0.05, 0) is 31.8 Å². The van der Waals surface area contributed by atoms with Gasteiger partial charge >= 0.3 is 0 Å². The van der Waals surface area contributed by atoms with E-state index in [1.54, 1.807) is 6.07 Å². The zero-order valence-electron chi connectivity index (χ0n) is 9.91. The Bertz CT molecular complexity index is 383. The van der Waals surface area contributed by atoms with Crippen molar-refractivity contribution >= 4 is 29.1 Å². The summed E-state index contributed by atoms with van der Waals surface area (Å²) >= 11 is 11.4. The molecular weight excluding hydrogens is 259 g/mol. The normalized spacial score (nSPS) is 12.5. The summed E-state index contributed by atoms with van der Waals surface area (Å²) in [6.07, 6.45) is 0. The molecule has 0 aliphatic heterocycles. The second kappa shape index (κ2) is 6.84. The van der Waals surface area contributed by atoms with E-state index in [-0.39, 0.29) is 17.8 Å². The highest BCUT2D eigenvalue weighted by Gasteiger charge is 2.15. The zero-order valence-corrected chi connectivity index (χ0v) is 11.4. The van der Waals surface area contributed by atoms with Crippen LogP contribution >= 0.6 is 23.2 Å². The van der Waals surface area contributed by atoms with E-state index in [1.165, 1.54) is 0 Å². The van der Waals surface area contributed by atoms with Crippen molar-refractivity contribution in [3.8, 4) is 0 Å². The number of nitrogens with one attached hydrogen (secondary N) is 1. The van der Waals surface area contributed by atoms with Gasteiger partial charge in [0.05, 0.1) is 6.04 Å². The van der Waals surface area contributed by atoms with Crippen molar-refractivity contribution in [3.63, 3.8) is 0 Å². The van der Waals surface area contributed by atoms with Crippen molar-refractivity contribution in [3.05, 3.63) is 34.9 Å². The topological polar surface area (TPSA) is 32.3 Å². The molecule has 1 unspecified atom stereocenters. The molecule has 0 aliphatic rings. The van der Waals surface area contributed by atoms with Gasteiger partial charge in [-0.3, -0.25) is 4.79 Å². The number of likely N-dealkylation sites (N-methyl/N-ethyl adjacent to an activating group) is 1. The third-order valence-corrected chi connectivity index (χ3v) is 2.73. The molecule has 1 N–H and O–H groups in total. The number of benzene rings is 1. The molecule has 0 spiro atoms. The molecule has 0 aliphatic carbocycles. The monoisotopic (exact) mass is 274 g/mol. The summed E-state index contributed by atoms with van der Waals surface area (Å²) in [5, 5.41) is 3.53. The minimum atomic E-state index is -0.182. The Morgan fingerprint density at radius 1 is 1.47 bits per heavy atom. The van der Waals surface area contributed by atoms with Crippen LogP contribution in [0.15, 0.2) is 24.3 Å². The van der Waals surface area contributed by atoms with Gasteiger partial charge in [0.15, 0.2) is 0 Å². The first-order valence-corrected chi connectivity index (χ1v) is 6.19. The lowest BCUT2D eigenvalue weighted by atomic mass is 10.1. The number of hydrogen-bond acceptors (Lipinski definition) is 2. The van der Waals surface area contributed by atoms with E-state index in [9.17, 15) is 4.79 Å². The molecule has 1 atom stereocenters. The van der Waals surface area contributed by atoms with E-state index < -0.39 is 0 Å². The van der Waals surface area contributed by atoms with E-state index >= 15 is 0 Å². The number of carbonyl (C=O) groups excluding carboxylic acids is 1. The van der Waals surface area contributed by atoms with E-state index in [2.05, 4.69) is 5.32 Å². The minimum absolute atomic E-state index is 0.0372. The maximum absolute atomic E-state index is 11.4. The van der Waals surface area contributed by atoms with Gasteiger partial charge in [-0.2, -0.15) is 0 Å². The smallest absolute Gasteiger partial charge is 0.235 e. The van der Waals surface area contributed by atoms with Crippen LogP contribution in [-0.2, 0) is 4.79 Å². The lowest BCUT2D eigenvalue weighted by Gasteiger charge is -2.22. The van der Waals surface area contributed by atoms with Crippen molar-refractivity contribution < 1.29 is 4.79 Å². The zero-order chi connectivity index (χ0) is 12.8. The van der Waals surface area contributed by atoms with Gasteiger partial charge in [0, 0.05) is 11.6 Å². The Balaban J connectivity index is 2.85. The van der Waals surface area contributed by atoms with E-state index in [0.29, 0.717) is 11.6 Å². The number of alkyl halides is 1. The Morgan fingerprint density at radius 2 is 2.18 bits per heavy atom. The number of halogens is 2. The van der Waals surface area contributed by atoms with Crippen LogP contribution in [0.3, 0.4) is 0 Å². The third kappa shape index (κ3) is 4.94. The standard InChI is InChI=1S/C12H16Cl2N2O/c1-16(2)8-11(15-12(17)7-13)9-4-3-5-10(14)6-9/h3-6,11H,7-8H2,1-2H3,(H,15,17). The van der Waals surface area contributed by atoms with Gasteiger partial charge in [-0.1, -0.05) is 23.7 Å². The average Bonchev–Trinajstić information content (AvgIpc) is 2.27. The van der Waals surface area contributed by atoms with Crippen molar-refractivity contribution in [1.29, 1.82) is 0 Å². The largest absolute Gasteiger partial charge is 0.347 e. The molecule has 94 valence electrons. The van der Waals surface area contributed by atoms with Gasteiger partial charge in [-0.25, -0.2) is 0 Å². The molecule has 5 heteroatoms. The summed E-state index contributed by atoms with van der Waals surface area (Å²) in [5.74, 6) is -0.219. The molecule has 1 amide bonds. The van der Waals surface area contributed by atoms with Crippen molar-refractivity contribution in [1.82, 2.24) is 10.2 Å². The molecule has 1 rings (SSSR count). The molecule has 0 fully saturated rings. The number of carbonyl (C=O) groups is 1. The molecule has 0 bridgehead atoms. The van der Waals surface area contributed by atoms with Crippen molar-refractivity contribution in [2.75, 3.05) is 26.5 Å². The molecule has 17 heavy (non-hydrogen) atoms. The molecule has 0 saturated carbocycles. The Morgan fingerprint density at radius 3 is 2.71 bits per heavy atom. The predicted molar refractivity (Wildman–Crippen MR) is 71.6 cm³/mol. The first-order valence-electron chi connectivity index (χ1n) is 5.28. The van der Waals surface area contributed by atoms with Gasteiger partial charge in [0.25, 0.3) is 0 Å². The maximum Gasteiger partial charge on any atom is 0.235 e.